The summed E-state index contributed by atoms with van der Waals surface area (Å²) in [6.07, 6.45) is 7.57. The van der Waals surface area contributed by atoms with E-state index in [9.17, 15) is 8.42 Å². The van der Waals surface area contributed by atoms with Crippen molar-refractivity contribution in [2.75, 3.05) is 25.1 Å². The number of sulfone groups is 1. The molecule has 0 aromatic rings. The summed E-state index contributed by atoms with van der Waals surface area (Å²) < 4.78 is 22.5. The van der Waals surface area contributed by atoms with Crippen LogP contribution >= 0.6 is 0 Å². The molecule has 6 heteroatoms. The van der Waals surface area contributed by atoms with E-state index in [0.29, 0.717) is 6.42 Å². The fourth-order valence-electron chi connectivity index (χ4n) is 3.22. The lowest BCUT2D eigenvalue weighted by Gasteiger charge is -2.48. The van der Waals surface area contributed by atoms with E-state index in [-0.39, 0.29) is 17.3 Å². The normalized spacial score (nSPS) is 22.4. The van der Waals surface area contributed by atoms with Crippen molar-refractivity contribution in [3.8, 4) is 0 Å². The summed E-state index contributed by atoms with van der Waals surface area (Å²) in [5, 5.41) is 0. The second kappa shape index (κ2) is 7.73. The second-order valence-corrected chi connectivity index (χ2v) is 8.51. The van der Waals surface area contributed by atoms with Gasteiger partial charge in [-0.25, -0.2) is 8.42 Å². The Morgan fingerprint density at radius 1 is 1.30 bits per heavy atom. The molecule has 5 nitrogen and oxygen atoms in total. The number of nitrogens with one attached hydrogen (secondary N) is 1. The van der Waals surface area contributed by atoms with Gasteiger partial charge in [0.1, 0.15) is 9.84 Å². The highest BCUT2D eigenvalue weighted by Gasteiger charge is 2.37. The van der Waals surface area contributed by atoms with Crippen LogP contribution < -0.4 is 11.3 Å². The van der Waals surface area contributed by atoms with Crippen molar-refractivity contribution in [3.63, 3.8) is 0 Å². The van der Waals surface area contributed by atoms with Crippen LogP contribution in [0.2, 0.25) is 0 Å². The van der Waals surface area contributed by atoms with Gasteiger partial charge in [-0.15, -0.1) is 0 Å². The number of nitrogens with zero attached hydrogens (tertiary/aromatic N) is 1. The molecule has 1 fully saturated rings. The third-order valence-corrected chi connectivity index (χ3v) is 5.78. The Balaban J connectivity index is 2.66. The Morgan fingerprint density at radius 3 is 2.35 bits per heavy atom. The molecule has 1 rings (SSSR count). The monoisotopic (exact) mass is 305 g/mol. The van der Waals surface area contributed by atoms with Crippen LogP contribution in [0.1, 0.15) is 52.4 Å². The van der Waals surface area contributed by atoms with Crippen molar-refractivity contribution < 1.29 is 8.42 Å². The highest BCUT2D eigenvalue weighted by Crippen LogP contribution is 2.29. The number of nitrogens with two attached hydrogens (primary N) is 1. The largest absolute Gasteiger partial charge is 0.296 e. The minimum atomic E-state index is -2.89. The van der Waals surface area contributed by atoms with Crippen LogP contribution in [0, 0.1) is 0 Å². The van der Waals surface area contributed by atoms with Crippen molar-refractivity contribution in [2.45, 2.75) is 64.0 Å². The third kappa shape index (κ3) is 4.98. The van der Waals surface area contributed by atoms with Crippen LogP contribution in [0.4, 0.5) is 0 Å². The van der Waals surface area contributed by atoms with Gasteiger partial charge in [0.25, 0.3) is 0 Å². The average Bonchev–Trinajstić information content (AvgIpc) is 2.42. The van der Waals surface area contributed by atoms with Crippen LogP contribution in [0.5, 0.6) is 0 Å². The van der Waals surface area contributed by atoms with Gasteiger partial charge in [0.15, 0.2) is 0 Å². The van der Waals surface area contributed by atoms with E-state index in [1.54, 1.807) is 0 Å². The molecule has 0 aliphatic carbocycles. The standard InChI is InChI=1S/C14H31N3O2S/c1-4-14(2,17-10-6-5-7-11-17)13(16-15)9-8-12-20(3,18)19/h13,16H,4-12,15H2,1-3H3. The highest BCUT2D eigenvalue weighted by molar-refractivity contribution is 7.90. The van der Waals surface area contributed by atoms with E-state index >= 15 is 0 Å². The number of hydrogen-bond acceptors (Lipinski definition) is 5. The molecule has 3 N–H and O–H groups in total. The zero-order valence-corrected chi connectivity index (χ0v) is 14.0. The molecule has 1 aliphatic heterocycles. The second-order valence-electron chi connectivity index (χ2n) is 6.25. The van der Waals surface area contributed by atoms with E-state index in [0.717, 1.165) is 25.9 Å². The zero-order chi connectivity index (χ0) is 15.2. The summed E-state index contributed by atoms with van der Waals surface area (Å²) in [5.74, 6) is 6.01. The summed E-state index contributed by atoms with van der Waals surface area (Å²) in [6, 6.07) is 0.132. The molecule has 0 spiro atoms. The van der Waals surface area contributed by atoms with Crippen molar-refractivity contribution in [2.24, 2.45) is 5.84 Å². The minimum Gasteiger partial charge on any atom is -0.296 e. The number of hydrazine groups is 1. The summed E-state index contributed by atoms with van der Waals surface area (Å²) in [4.78, 5) is 2.53. The van der Waals surface area contributed by atoms with Gasteiger partial charge >= 0.3 is 0 Å². The molecule has 0 aromatic carbocycles. The molecule has 1 heterocycles. The van der Waals surface area contributed by atoms with Crippen molar-refractivity contribution in [3.05, 3.63) is 0 Å². The molecule has 120 valence electrons. The highest BCUT2D eigenvalue weighted by atomic mass is 32.2. The predicted octanol–water partition coefficient (Wildman–Crippen LogP) is 1.30. The molecule has 2 unspecified atom stereocenters. The molecule has 2 atom stereocenters. The predicted molar refractivity (Wildman–Crippen MR) is 84.2 cm³/mol. The van der Waals surface area contributed by atoms with Crippen LogP contribution in [0.25, 0.3) is 0 Å². The molecule has 1 saturated heterocycles. The Hall–Kier alpha value is -0.170. The van der Waals surface area contributed by atoms with Crippen LogP contribution in [0.15, 0.2) is 0 Å². The minimum absolute atomic E-state index is 0.00662. The summed E-state index contributed by atoms with van der Waals surface area (Å²) in [6.45, 7) is 6.68. The van der Waals surface area contributed by atoms with Crippen LogP contribution in [-0.4, -0.2) is 50.0 Å². The third-order valence-electron chi connectivity index (χ3n) is 4.75. The maximum atomic E-state index is 11.3. The Labute approximate surface area is 124 Å². The van der Waals surface area contributed by atoms with Gasteiger partial charge in [-0.05, 0) is 52.1 Å². The lowest BCUT2D eigenvalue weighted by atomic mass is 9.83. The molecular formula is C14H31N3O2S. The van der Waals surface area contributed by atoms with Gasteiger partial charge in [-0.3, -0.25) is 16.2 Å². The molecule has 0 bridgehead atoms. The molecule has 0 saturated carbocycles. The van der Waals surface area contributed by atoms with E-state index in [4.69, 9.17) is 5.84 Å². The van der Waals surface area contributed by atoms with Gasteiger partial charge in [-0.2, -0.15) is 0 Å². The SMILES string of the molecule is CCC(C)(C(CCCS(C)(=O)=O)NN)N1CCCCC1. The van der Waals surface area contributed by atoms with E-state index < -0.39 is 9.84 Å². The first-order valence-corrected chi connectivity index (χ1v) is 9.78. The first-order chi connectivity index (χ1) is 9.33. The molecule has 1 aliphatic rings. The number of likely N-dealkylation sites (tertiary alicyclic amines) is 1. The lowest BCUT2D eigenvalue weighted by Crippen LogP contribution is -2.61. The number of hydrogen-bond donors (Lipinski definition) is 2. The first kappa shape index (κ1) is 17.9. The summed E-state index contributed by atoms with van der Waals surface area (Å²) in [5.41, 5.74) is 2.95. The average molecular weight is 305 g/mol. The fourth-order valence-corrected chi connectivity index (χ4v) is 3.91. The van der Waals surface area contributed by atoms with Gasteiger partial charge in [0.05, 0.1) is 0 Å². The number of rotatable bonds is 8. The van der Waals surface area contributed by atoms with Gasteiger partial charge in [0, 0.05) is 23.6 Å². The molecular weight excluding hydrogens is 274 g/mol. The quantitative estimate of drug-likeness (QED) is 0.522. The van der Waals surface area contributed by atoms with E-state index in [1.165, 1.54) is 25.5 Å². The molecule has 20 heavy (non-hydrogen) atoms. The molecule has 0 amide bonds. The summed E-state index contributed by atoms with van der Waals surface area (Å²) in [7, 11) is -2.89. The fraction of sp³-hybridized carbons (Fsp3) is 1.00. The van der Waals surface area contributed by atoms with E-state index in [1.807, 2.05) is 0 Å². The maximum absolute atomic E-state index is 11.3. The van der Waals surface area contributed by atoms with Gasteiger partial charge in [0.2, 0.25) is 0 Å². The van der Waals surface area contributed by atoms with Gasteiger partial charge < -0.3 is 0 Å². The van der Waals surface area contributed by atoms with Crippen LogP contribution in [0.3, 0.4) is 0 Å². The zero-order valence-electron chi connectivity index (χ0n) is 13.2. The van der Waals surface area contributed by atoms with Crippen molar-refractivity contribution >= 4 is 9.84 Å². The van der Waals surface area contributed by atoms with Gasteiger partial charge in [-0.1, -0.05) is 13.3 Å². The summed E-state index contributed by atoms with van der Waals surface area (Å²) >= 11 is 0. The Morgan fingerprint density at radius 2 is 1.90 bits per heavy atom. The van der Waals surface area contributed by atoms with Crippen LogP contribution in [-0.2, 0) is 9.84 Å². The topological polar surface area (TPSA) is 75.4 Å². The van der Waals surface area contributed by atoms with E-state index in [2.05, 4.69) is 24.2 Å². The first-order valence-electron chi connectivity index (χ1n) is 7.72. The Kier molecular flexibility index (Phi) is 6.91. The van der Waals surface area contributed by atoms with Crippen molar-refractivity contribution in [1.29, 1.82) is 0 Å². The molecule has 0 aromatic heterocycles. The van der Waals surface area contributed by atoms with Crippen molar-refractivity contribution in [1.82, 2.24) is 10.3 Å². The smallest absolute Gasteiger partial charge is 0.147 e. The lowest BCUT2D eigenvalue weighted by molar-refractivity contribution is 0.0400. The maximum Gasteiger partial charge on any atom is 0.147 e. The number of piperidine rings is 1. The Bertz CT molecular complexity index is 380. The molecule has 0 radical (unpaired) electrons.